The van der Waals surface area contributed by atoms with Crippen molar-refractivity contribution >= 4 is 11.7 Å². The Hall–Kier alpha value is -1.58. The monoisotopic (exact) mass is 207 g/mol. The topological polar surface area (TPSA) is 45.2 Å². The predicted octanol–water partition coefficient (Wildman–Crippen LogP) is 2.03. The van der Waals surface area contributed by atoms with E-state index >= 15 is 0 Å². The maximum atomic E-state index is 11.7. The molecule has 82 valence electrons. The average molecular weight is 207 g/mol. The van der Waals surface area contributed by atoms with E-state index in [2.05, 4.69) is 10.3 Å². The van der Waals surface area contributed by atoms with Gasteiger partial charge in [-0.05, 0) is 32.9 Å². The zero-order valence-corrected chi connectivity index (χ0v) is 9.61. The molecule has 0 aliphatic carbocycles. The van der Waals surface area contributed by atoms with Gasteiger partial charge < -0.3 is 5.32 Å². The number of amides is 2. The first-order chi connectivity index (χ1) is 6.90. The Labute approximate surface area is 90.3 Å². The highest BCUT2D eigenvalue weighted by molar-refractivity contribution is 5.91. The molecule has 0 aliphatic rings. The lowest BCUT2D eigenvalue weighted by molar-refractivity contribution is 0.239. The number of rotatable bonds is 1. The fraction of sp³-hybridized carbons (Fsp3) is 0.455. The van der Waals surface area contributed by atoms with E-state index in [0.29, 0.717) is 0 Å². The molecule has 0 fully saturated rings. The van der Waals surface area contributed by atoms with E-state index in [-0.39, 0.29) is 11.6 Å². The third-order valence-corrected chi connectivity index (χ3v) is 1.82. The maximum absolute atomic E-state index is 11.7. The average Bonchev–Trinajstić information content (AvgIpc) is 2.15. The summed E-state index contributed by atoms with van der Waals surface area (Å²) in [7, 11) is 1.72. The highest BCUT2D eigenvalue weighted by atomic mass is 16.2. The summed E-state index contributed by atoms with van der Waals surface area (Å²) in [5.41, 5.74) is 0.548. The molecule has 1 aromatic rings. The van der Waals surface area contributed by atoms with Crippen molar-refractivity contribution in [2.24, 2.45) is 0 Å². The number of anilines is 1. The second-order valence-electron chi connectivity index (χ2n) is 4.45. The van der Waals surface area contributed by atoms with Crippen LogP contribution in [0.25, 0.3) is 0 Å². The fourth-order valence-electron chi connectivity index (χ4n) is 1.07. The lowest BCUT2D eigenvalue weighted by Gasteiger charge is -2.25. The number of nitrogens with one attached hydrogen (secondary N) is 1. The molecule has 1 rings (SSSR count). The van der Waals surface area contributed by atoms with E-state index in [1.165, 1.54) is 4.90 Å². The Morgan fingerprint density at radius 3 is 2.60 bits per heavy atom. The molecule has 0 saturated heterocycles. The number of nitrogens with zero attached hydrogens (tertiary/aromatic N) is 2. The van der Waals surface area contributed by atoms with Crippen molar-refractivity contribution in [1.29, 1.82) is 0 Å². The SMILES string of the molecule is CN(C(=O)NC(C)(C)C)c1cccnc1. The van der Waals surface area contributed by atoms with E-state index in [0.717, 1.165) is 5.69 Å². The number of carbonyl (C=O) groups excluding carboxylic acids is 1. The summed E-state index contributed by atoms with van der Waals surface area (Å²) in [5, 5.41) is 2.88. The molecule has 15 heavy (non-hydrogen) atoms. The molecule has 1 N–H and O–H groups in total. The second-order valence-corrected chi connectivity index (χ2v) is 4.45. The highest BCUT2D eigenvalue weighted by Crippen LogP contribution is 2.10. The minimum Gasteiger partial charge on any atom is -0.333 e. The summed E-state index contributed by atoms with van der Waals surface area (Å²) in [6.07, 6.45) is 3.33. The van der Waals surface area contributed by atoms with Crippen LogP contribution in [0.4, 0.5) is 10.5 Å². The largest absolute Gasteiger partial charge is 0.333 e. The molecule has 0 aliphatic heterocycles. The maximum Gasteiger partial charge on any atom is 0.322 e. The lowest BCUT2D eigenvalue weighted by atomic mass is 10.1. The quantitative estimate of drug-likeness (QED) is 0.765. The summed E-state index contributed by atoms with van der Waals surface area (Å²) >= 11 is 0. The van der Waals surface area contributed by atoms with Gasteiger partial charge in [0, 0.05) is 18.8 Å². The van der Waals surface area contributed by atoms with E-state index in [9.17, 15) is 4.79 Å². The molecular weight excluding hydrogens is 190 g/mol. The Morgan fingerprint density at radius 2 is 2.13 bits per heavy atom. The molecule has 0 atom stereocenters. The van der Waals surface area contributed by atoms with Crippen LogP contribution in [0, 0.1) is 0 Å². The molecule has 1 aromatic heterocycles. The van der Waals surface area contributed by atoms with Gasteiger partial charge in [0.05, 0.1) is 11.9 Å². The molecule has 0 unspecified atom stereocenters. The Kier molecular flexibility index (Phi) is 3.29. The van der Waals surface area contributed by atoms with Crippen molar-refractivity contribution in [3.05, 3.63) is 24.5 Å². The van der Waals surface area contributed by atoms with Gasteiger partial charge in [-0.1, -0.05) is 0 Å². The summed E-state index contributed by atoms with van der Waals surface area (Å²) in [4.78, 5) is 17.2. The van der Waals surface area contributed by atoms with E-state index in [1.54, 1.807) is 25.5 Å². The van der Waals surface area contributed by atoms with Gasteiger partial charge in [-0.3, -0.25) is 9.88 Å². The van der Waals surface area contributed by atoms with Crippen LogP contribution in [0.5, 0.6) is 0 Å². The second kappa shape index (κ2) is 4.29. The number of aromatic nitrogens is 1. The summed E-state index contributed by atoms with van der Waals surface area (Å²) < 4.78 is 0. The number of urea groups is 1. The molecule has 2 amide bonds. The lowest BCUT2D eigenvalue weighted by Crippen LogP contribution is -2.47. The van der Waals surface area contributed by atoms with Gasteiger partial charge in [0.25, 0.3) is 0 Å². The van der Waals surface area contributed by atoms with Crippen LogP contribution < -0.4 is 10.2 Å². The number of hydrogen-bond donors (Lipinski definition) is 1. The van der Waals surface area contributed by atoms with Crippen molar-refractivity contribution in [2.45, 2.75) is 26.3 Å². The predicted molar refractivity (Wildman–Crippen MR) is 60.9 cm³/mol. The summed E-state index contributed by atoms with van der Waals surface area (Å²) in [6, 6.07) is 3.52. The van der Waals surface area contributed by atoms with Crippen LogP contribution in [0.15, 0.2) is 24.5 Å². The number of carbonyl (C=O) groups is 1. The highest BCUT2D eigenvalue weighted by Gasteiger charge is 2.17. The standard InChI is InChI=1S/C11H17N3O/c1-11(2,3)13-10(15)14(4)9-6-5-7-12-8-9/h5-8H,1-4H3,(H,13,15). The van der Waals surface area contributed by atoms with E-state index in [4.69, 9.17) is 0 Å². The van der Waals surface area contributed by atoms with Crippen LogP contribution in [-0.2, 0) is 0 Å². The minimum absolute atomic E-state index is 0.129. The minimum atomic E-state index is -0.229. The molecule has 1 heterocycles. The normalized spacial score (nSPS) is 10.9. The van der Waals surface area contributed by atoms with Gasteiger partial charge in [-0.15, -0.1) is 0 Å². The first kappa shape index (κ1) is 11.5. The Morgan fingerprint density at radius 1 is 1.47 bits per heavy atom. The molecule has 0 saturated carbocycles. The van der Waals surface area contributed by atoms with Gasteiger partial charge in [0.15, 0.2) is 0 Å². The number of hydrogen-bond acceptors (Lipinski definition) is 2. The van der Waals surface area contributed by atoms with Crippen molar-refractivity contribution in [2.75, 3.05) is 11.9 Å². The van der Waals surface area contributed by atoms with Gasteiger partial charge in [-0.25, -0.2) is 4.79 Å². The van der Waals surface area contributed by atoms with E-state index < -0.39 is 0 Å². The van der Waals surface area contributed by atoms with Crippen molar-refractivity contribution in [1.82, 2.24) is 10.3 Å². The zero-order chi connectivity index (χ0) is 11.5. The first-order valence-corrected chi connectivity index (χ1v) is 4.86. The van der Waals surface area contributed by atoms with Crippen LogP contribution in [-0.4, -0.2) is 23.6 Å². The van der Waals surface area contributed by atoms with Gasteiger partial charge in [0.2, 0.25) is 0 Å². The van der Waals surface area contributed by atoms with E-state index in [1.807, 2.05) is 26.8 Å². The van der Waals surface area contributed by atoms with Crippen molar-refractivity contribution in [3.63, 3.8) is 0 Å². The summed E-state index contributed by atoms with van der Waals surface area (Å²) in [6.45, 7) is 5.84. The Bertz CT molecular complexity index is 329. The Balaban J connectivity index is 2.70. The smallest absolute Gasteiger partial charge is 0.322 e. The van der Waals surface area contributed by atoms with Gasteiger partial charge >= 0.3 is 6.03 Å². The first-order valence-electron chi connectivity index (χ1n) is 4.86. The molecule has 4 nitrogen and oxygen atoms in total. The third-order valence-electron chi connectivity index (χ3n) is 1.82. The van der Waals surface area contributed by atoms with Crippen molar-refractivity contribution in [3.8, 4) is 0 Å². The number of pyridine rings is 1. The van der Waals surface area contributed by atoms with Gasteiger partial charge in [0.1, 0.15) is 0 Å². The molecule has 0 aromatic carbocycles. The molecule has 0 spiro atoms. The summed E-state index contributed by atoms with van der Waals surface area (Å²) in [5.74, 6) is 0. The third kappa shape index (κ3) is 3.58. The zero-order valence-electron chi connectivity index (χ0n) is 9.61. The molecule has 0 radical (unpaired) electrons. The van der Waals surface area contributed by atoms with Crippen molar-refractivity contribution < 1.29 is 4.79 Å². The van der Waals surface area contributed by atoms with Crippen LogP contribution >= 0.6 is 0 Å². The molecule has 0 bridgehead atoms. The van der Waals surface area contributed by atoms with Crippen LogP contribution in [0.1, 0.15) is 20.8 Å². The molecular formula is C11H17N3O. The fourth-order valence-corrected chi connectivity index (χ4v) is 1.07. The van der Waals surface area contributed by atoms with Crippen LogP contribution in [0.2, 0.25) is 0 Å². The van der Waals surface area contributed by atoms with Crippen LogP contribution in [0.3, 0.4) is 0 Å². The molecule has 4 heteroatoms. The van der Waals surface area contributed by atoms with Gasteiger partial charge in [-0.2, -0.15) is 0 Å².